The molecule has 112 valence electrons. The van der Waals surface area contributed by atoms with Crippen molar-refractivity contribution in [3.05, 3.63) is 41.6 Å². The first-order valence-electron chi connectivity index (χ1n) is 6.88. The summed E-state index contributed by atoms with van der Waals surface area (Å²) in [5.41, 5.74) is 6.75. The van der Waals surface area contributed by atoms with E-state index in [4.69, 9.17) is 14.9 Å². The van der Waals surface area contributed by atoms with E-state index in [1.165, 1.54) is 0 Å². The summed E-state index contributed by atoms with van der Waals surface area (Å²) in [7, 11) is 0. The summed E-state index contributed by atoms with van der Waals surface area (Å²) in [5.74, 6) is 1.62. The predicted molar refractivity (Wildman–Crippen MR) is 79.1 cm³/mol. The Hall–Kier alpha value is -2.50. The van der Waals surface area contributed by atoms with Crippen molar-refractivity contribution in [1.29, 1.82) is 0 Å². The van der Waals surface area contributed by atoms with Gasteiger partial charge in [-0.3, -0.25) is 4.79 Å². The number of carbonyl (C=O) groups excluding carboxylic acids is 1. The monoisotopic (exact) mass is 289 g/mol. The SMILES string of the molecule is CCOc1ccc(C(=O)NCc2ncc(CC)o2)cc1N. The van der Waals surface area contributed by atoms with Crippen LogP contribution in [-0.4, -0.2) is 17.5 Å². The van der Waals surface area contributed by atoms with Gasteiger partial charge in [-0.25, -0.2) is 4.98 Å². The number of amides is 1. The highest BCUT2D eigenvalue weighted by atomic mass is 16.5. The van der Waals surface area contributed by atoms with Gasteiger partial charge in [0.15, 0.2) is 0 Å². The van der Waals surface area contributed by atoms with E-state index in [1.807, 2.05) is 13.8 Å². The number of nitrogens with one attached hydrogen (secondary N) is 1. The second-order valence-corrected chi connectivity index (χ2v) is 4.44. The van der Waals surface area contributed by atoms with Crippen LogP contribution in [0, 0.1) is 0 Å². The molecule has 0 saturated carbocycles. The first kappa shape index (κ1) is 14.9. The van der Waals surface area contributed by atoms with E-state index in [0.717, 1.165) is 12.2 Å². The fraction of sp³-hybridized carbons (Fsp3) is 0.333. The molecule has 3 N–H and O–H groups in total. The van der Waals surface area contributed by atoms with Crippen LogP contribution >= 0.6 is 0 Å². The molecule has 6 heteroatoms. The second kappa shape index (κ2) is 6.78. The fourth-order valence-corrected chi connectivity index (χ4v) is 1.83. The van der Waals surface area contributed by atoms with Crippen LogP contribution in [0.1, 0.15) is 35.9 Å². The highest BCUT2D eigenvalue weighted by Gasteiger charge is 2.10. The molecule has 1 aromatic heterocycles. The van der Waals surface area contributed by atoms with Gasteiger partial charge in [-0.15, -0.1) is 0 Å². The Labute approximate surface area is 123 Å². The van der Waals surface area contributed by atoms with Crippen molar-refractivity contribution in [2.24, 2.45) is 0 Å². The lowest BCUT2D eigenvalue weighted by Gasteiger charge is -2.08. The lowest BCUT2D eigenvalue weighted by molar-refractivity contribution is 0.0947. The van der Waals surface area contributed by atoms with Crippen LogP contribution in [0.25, 0.3) is 0 Å². The number of nitrogens with two attached hydrogens (primary N) is 1. The number of aryl methyl sites for hydroxylation is 1. The number of aromatic nitrogens is 1. The largest absolute Gasteiger partial charge is 0.492 e. The number of benzene rings is 1. The van der Waals surface area contributed by atoms with Crippen LogP contribution in [0.15, 0.2) is 28.8 Å². The Bertz CT molecular complexity index is 622. The van der Waals surface area contributed by atoms with Crippen molar-refractivity contribution in [3.63, 3.8) is 0 Å². The standard InChI is InChI=1S/C15H19N3O3/c1-3-11-8-17-14(21-11)9-18-15(19)10-5-6-13(20-4-2)12(16)7-10/h5-8H,3-4,9,16H2,1-2H3,(H,18,19). The van der Waals surface area contributed by atoms with E-state index in [-0.39, 0.29) is 12.5 Å². The maximum atomic E-state index is 12.0. The average molecular weight is 289 g/mol. The molecule has 0 spiro atoms. The van der Waals surface area contributed by atoms with Gasteiger partial charge in [0.25, 0.3) is 5.91 Å². The molecule has 0 aliphatic heterocycles. The molecule has 0 unspecified atom stereocenters. The summed E-state index contributed by atoms with van der Waals surface area (Å²) < 4.78 is 10.8. The summed E-state index contributed by atoms with van der Waals surface area (Å²) in [4.78, 5) is 16.1. The highest BCUT2D eigenvalue weighted by molar-refractivity contribution is 5.95. The maximum Gasteiger partial charge on any atom is 0.251 e. The Balaban J connectivity index is 1.98. The molecule has 0 saturated heterocycles. The zero-order valence-corrected chi connectivity index (χ0v) is 12.2. The van der Waals surface area contributed by atoms with Crippen molar-refractivity contribution >= 4 is 11.6 Å². The van der Waals surface area contributed by atoms with Gasteiger partial charge >= 0.3 is 0 Å². The third kappa shape index (κ3) is 3.75. The Kier molecular flexibility index (Phi) is 4.81. The normalized spacial score (nSPS) is 10.4. The molecular formula is C15H19N3O3. The first-order chi connectivity index (χ1) is 10.1. The van der Waals surface area contributed by atoms with Gasteiger partial charge in [0.2, 0.25) is 5.89 Å². The molecule has 1 amide bonds. The zero-order chi connectivity index (χ0) is 15.2. The minimum absolute atomic E-state index is 0.235. The molecule has 2 aromatic rings. The van der Waals surface area contributed by atoms with E-state index in [2.05, 4.69) is 10.3 Å². The molecular weight excluding hydrogens is 270 g/mol. The van der Waals surface area contributed by atoms with Gasteiger partial charge in [0.05, 0.1) is 25.0 Å². The third-order valence-electron chi connectivity index (χ3n) is 2.92. The Morgan fingerprint density at radius 1 is 1.43 bits per heavy atom. The van der Waals surface area contributed by atoms with Gasteiger partial charge in [0.1, 0.15) is 11.5 Å². The molecule has 0 aliphatic carbocycles. The fourth-order valence-electron chi connectivity index (χ4n) is 1.83. The zero-order valence-electron chi connectivity index (χ0n) is 12.2. The number of ether oxygens (including phenoxy) is 1. The molecule has 1 aromatic carbocycles. The summed E-state index contributed by atoms with van der Waals surface area (Å²) in [6.45, 7) is 4.62. The number of oxazole rings is 1. The van der Waals surface area contributed by atoms with Gasteiger partial charge in [0, 0.05) is 12.0 Å². The van der Waals surface area contributed by atoms with Crippen LogP contribution < -0.4 is 15.8 Å². The molecule has 0 atom stereocenters. The number of nitrogen functional groups attached to an aromatic ring is 1. The van der Waals surface area contributed by atoms with Gasteiger partial charge < -0.3 is 20.2 Å². The van der Waals surface area contributed by atoms with Crippen molar-refractivity contribution < 1.29 is 13.9 Å². The minimum Gasteiger partial charge on any atom is -0.492 e. The number of hydrogen-bond donors (Lipinski definition) is 2. The number of carbonyl (C=O) groups is 1. The number of hydrogen-bond acceptors (Lipinski definition) is 5. The number of anilines is 1. The van der Waals surface area contributed by atoms with Crippen LogP contribution in [0.3, 0.4) is 0 Å². The van der Waals surface area contributed by atoms with E-state index in [1.54, 1.807) is 24.4 Å². The first-order valence-corrected chi connectivity index (χ1v) is 6.88. The molecule has 0 fully saturated rings. The average Bonchev–Trinajstić information content (AvgIpc) is 2.95. The van der Waals surface area contributed by atoms with Crippen molar-refractivity contribution in [2.45, 2.75) is 26.8 Å². The molecule has 21 heavy (non-hydrogen) atoms. The number of rotatable bonds is 6. The highest BCUT2D eigenvalue weighted by Crippen LogP contribution is 2.22. The molecule has 1 heterocycles. The van der Waals surface area contributed by atoms with Crippen LogP contribution in [0.4, 0.5) is 5.69 Å². The molecule has 2 rings (SSSR count). The van der Waals surface area contributed by atoms with E-state index in [9.17, 15) is 4.79 Å². The van der Waals surface area contributed by atoms with Crippen LogP contribution in [-0.2, 0) is 13.0 Å². The topological polar surface area (TPSA) is 90.4 Å². The van der Waals surface area contributed by atoms with Crippen LogP contribution in [0.2, 0.25) is 0 Å². The Morgan fingerprint density at radius 3 is 2.86 bits per heavy atom. The number of nitrogens with zero attached hydrogens (tertiary/aromatic N) is 1. The predicted octanol–water partition coefficient (Wildman–Crippen LogP) is 2.15. The minimum atomic E-state index is -0.235. The summed E-state index contributed by atoms with van der Waals surface area (Å²) in [5, 5.41) is 2.74. The van der Waals surface area contributed by atoms with Gasteiger partial charge in [-0.2, -0.15) is 0 Å². The van der Waals surface area contributed by atoms with Crippen molar-refractivity contribution in [2.75, 3.05) is 12.3 Å². The quantitative estimate of drug-likeness (QED) is 0.795. The lowest BCUT2D eigenvalue weighted by Crippen LogP contribution is -2.23. The van der Waals surface area contributed by atoms with Crippen molar-refractivity contribution in [1.82, 2.24) is 10.3 Å². The molecule has 0 radical (unpaired) electrons. The maximum absolute atomic E-state index is 12.0. The van der Waals surface area contributed by atoms with Crippen molar-refractivity contribution in [3.8, 4) is 5.75 Å². The van der Waals surface area contributed by atoms with E-state index < -0.39 is 0 Å². The second-order valence-electron chi connectivity index (χ2n) is 4.44. The van der Waals surface area contributed by atoms with Gasteiger partial charge in [-0.1, -0.05) is 6.92 Å². The lowest BCUT2D eigenvalue weighted by atomic mass is 10.1. The molecule has 0 bridgehead atoms. The summed E-state index contributed by atoms with van der Waals surface area (Å²) in [6, 6.07) is 4.95. The smallest absolute Gasteiger partial charge is 0.251 e. The van der Waals surface area contributed by atoms with E-state index in [0.29, 0.717) is 29.5 Å². The Morgan fingerprint density at radius 2 is 2.24 bits per heavy atom. The molecule has 6 nitrogen and oxygen atoms in total. The molecule has 0 aliphatic rings. The summed E-state index contributed by atoms with van der Waals surface area (Å²) in [6.07, 6.45) is 2.44. The van der Waals surface area contributed by atoms with Gasteiger partial charge in [-0.05, 0) is 25.1 Å². The summed E-state index contributed by atoms with van der Waals surface area (Å²) >= 11 is 0. The third-order valence-corrected chi connectivity index (χ3v) is 2.92. The van der Waals surface area contributed by atoms with E-state index >= 15 is 0 Å². The van der Waals surface area contributed by atoms with Crippen LogP contribution in [0.5, 0.6) is 5.75 Å².